The Kier molecular flexibility index (Phi) is 4.98. The third kappa shape index (κ3) is 3.73. The van der Waals surface area contributed by atoms with Crippen LogP contribution in [-0.4, -0.2) is 6.29 Å². The Hall–Kier alpha value is -1.11. The second kappa shape index (κ2) is 6.36. The van der Waals surface area contributed by atoms with Crippen LogP contribution in [-0.2, 0) is 11.2 Å². The number of aryl methyl sites for hydroxylation is 1. The Labute approximate surface area is 86.1 Å². The van der Waals surface area contributed by atoms with Crippen molar-refractivity contribution < 1.29 is 4.79 Å². The largest absolute Gasteiger partial charge is 0.303 e. The van der Waals surface area contributed by atoms with E-state index in [1.807, 2.05) is 6.07 Å². The SMILES string of the molecule is CC[C@H](CC=O)CCc1ccccc1. The van der Waals surface area contributed by atoms with Crippen LogP contribution in [0.4, 0.5) is 0 Å². The lowest BCUT2D eigenvalue weighted by molar-refractivity contribution is -0.108. The summed E-state index contributed by atoms with van der Waals surface area (Å²) in [7, 11) is 0. The maximum atomic E-state index is 10.4. The van der Waals surface area contributed by atoms with E-state index in [2.05, 4.69) is 31.2 Å². The van der Waals surface area contributed by atoms with Gasteiger partial charge in [0.05, 0.1) is 0 Å². The van der Waals surface area contributed by atoms with E-state index in [1.54, 1.807) is 0 Å². The molecule has 1 nitrogen and oxygen atoms in total. The van der Waals surface area contributed by atoms with Gasteiger partial charge in [0.25, 0.3) is 0 Å². The average molecular weight is 190 g/mol. The fraction of sp³-hybridized carbons (Fsp3) is 0.462. The standard InChI is InChI=1S/C13H18O/c1-2-12(10-11-14)8-9-13-6-4-3-5-7-13/h3-7,11-12H,2,8-10H2,1H3/t12-/m0/s1. The van der Waals surface area contributed by atoms with Gasteiger partial charge in [-0.3, -0.25) is 0 Å². The van der Waals surface area contributed by atoms with E-state index >= 15 is 0 Å². The first-order chi connectivity index (χ1) is 6.86. The monoisotopic (exact) mass is 190 g/mol. The zero-order valence-electron chi connectivity index (χ0n) is 8.78. The summed E-state index contributed by atoms with van der Waals surface area (Å²) in [5, 5.41) is 0. The van der Waals surface area contributed by atoms with E-state index in [0.29, 0.717) is 12.3 Å². The number of carbonyl (C=O) groups excluding carboxylic acids is 1. The van der Waals surface area contributed by atoms with Crippen molar-refractivity contribution in [2.45, 2.75) is 32.6 Å². The lowest BCUT2D eigenvalue weighted by Gasteiger charge is -2.10. The molecule has 1 heteroatoms. The molecule has 0 N–H and O–H groups in total. The molecule has 0 fully saturated rings. The van der Waals surface area contributed by atoms with E-state index < -0.39 is 0 Å². The van der Waals surface area contributed by atoms with Crippen molar-refractivity contribution in [1.82, 2.24) is 0 Å². The summed E-state index contributed by atoms with van der Waals surface area (Å²) in [6, 6.07) is 10.5. The van der Waals surface area contributed by atoms with Gasteiger partial charge < -0.3 is 4.79 Å². The fourth-order valence-corrected chi connectivity index (χ4v) is 1.64. The van der Waals surface area contributed by atoms with Crippen LogP contribution < -0.4 is 0 Å². The minimum Gasteiger partial charge on any atom is -0.303 e. The first kappa shape index (κ1) is 11.0. The molecule has 76 valence electrons. The lowest BCUT2D eigenvalue weighted by atomic mass is 9.95. The number of benzene rings is 1. The molecule has 0 unspecified atom stereocenters. The summed E-state index contributed by atoms with van der Waals surface area (Å²) in [6.07, 6.45) is 5.07. The van der Waals surface area contributed by atoms with Gasteiger partial charge in [-0.2, -0.15) is 0 Å². The molecule has 1 rings (SSSR count). The summed E-state index contributed by atoms with van der Waals surface area (Å²) in [5.41, 5.74) is 1.37. The van der Waals surface area contributed by atoms with Crippen molar-refractivity contribution in [2.75, 3.05) is 0 Å². The van der Waals surface area contributed by atoms with E-state index in [4.69, 9.17) is 0 Å². The van der Waals surface area contributed by atoms with Crippen LogP contribution in [0.25, 0.3) is 0 Å². The molecule has 0 aromatic heterocycles. The number of hydrogen-bond donors (Lipinski definition) is 0. The number of rotatable bonds is 6. The molecule has 0 aliphatic heterocycles. The van der Waals surface area contributed by atoms with Gasteiger partial charge in [-0.05, 0) is 24.3 Å². The lowest BCUT2D eigenvalue weighted by Crippen LogP contribution is -2.01. The van der Waals surface area contributed by atoms with Gasteiger partial charge in [0.15, 0.2) is 0 Å². The maximum Gasteiger partial charge on any atom is 0.120 e. The average Bonchev–Trinajstić information content (AvgIpc) is 2.25. The Bertz CT molecular complexity index is 253. The zero-order valence-corrected chi connectivity index (χ0v) is 8.78. The molecule has 0 saturated heterocycles. The summed E-state index contributed by atoms with van der Waals surface area (Å²) >= 11 is 0. The van der Waals surface area contributed by atoms with Gasteiger partial charge in [-0.15, -0.1) is 0 Å². The molecule has 0 spiro atoms. The van der Waals surface area contributed by atoms with E-state index in [1.165, 1.54) is 5.56 Å². The van der Waals surface area contributed by atoms with Gasteiger partial charge in [-0.25, -0.2) is 0 Å². The van der Waals surface area contributed by atoms with Gasteiger partial charge in [0, 0.05) is 6.42 Å². The first-order valence-corrected chi connectivity index (χ1v) is 5.34. The van der Waals surface area contributed by atoms with Crippen LogP contribution in [0.2, 0.25) is 0 Å². The molecular formula is C13H18O. The van der Waals surface area contributed by atoms with Crippen LogP contribution in [0.15, 0.2) is 30.3 Å². The minimum absolute atomic E-state index is 0.563. The van der Waals surface area contributed by atoms with Crippen molar-refractivity contribution in [1.29, 1.82) is 0 Å². The molecule has 0 aliphatic carbocycles. The number of aldehydes is 1. The predicted molar refractivity (Wildman–Crippen MR) is 59.2 cm³/mol. The highest BCUT2D eigenvalue weighted by molar-refractivity contribution is 5.49. The summed E-state index contributed by atoms with van der Waals surface area (Å²) in [5.74, 6) is 0.563. The van der Waals surface area contributed by atoms with Gasteiger partial charge >= 0.3 is 0 Å². The van der Waals surface area contributed by atoms with Crippen molar-refractivity contribution in [3.63, 3.8) is 0 Å². The van der Waals surface area contributed by atoms with E-state index in [9.17, 15) is 4.79 Å². The molecular weight excluding hydrogens is 172 g/mol. The molecule has 0 heterocycles. The molecule has 0 bridgehead atoms. The minimum atomic E-state index is 0.563. The Morgan fingerprint density at radius 3 is 2.57 bits per heavy atom. The van der Waals surface area contributed by atoms with Gasteiger partial charge in [0.1, 0.15) is 6.29 Å². The molecule has 1 aromatic rings. The highest BCUT2D eigenvalue weighted by Crippen LogP contribution is 2.15. The van der Waals surface area contributed by atoms with Crippen molar-refractivity contribution in [3.05, 3.63) is 35.9 Å². The number of carbonyl (C=O) groups is 1. The second-order valence-electron chi connectivity index (χ2n) is 3.70. The molecule has 0 amide bonds. The van der Waals surface area contributed by atoms with Crippen LogP contribution in [0, 0.1) is 5.92 Å². The van der Waals surface area contributed by atoms with E-state index in [0.717, 1.165) is 25.5 Å². The Morgan fingerprint density at radius 2 is 2.00 bits per heavy atom. The second-order valence-corrected chi connectivity index (χ2v) is 3.70. The zero-order chi connectivity index (χ0) is 10.2. The molecule has 0 radical (unpaired) electrons. The Balaban J connectivity index is 2.35. The van der Waals surface area contributed by atoms with Gasteiger partial charge in [-0.1, -0.05) is 43.7 Å². The van der Waals surface area contributed by atoms with E-state index in [-0.39, 0.29) is 0 Å². The maximum absolute atomic E-state index is 10.4. The number of hydrogen-bond acceptors (Lipinski definition) is 1. The molecule has 0 saturated carbocycles. The first-order valence-electron chi connectivity index (χ1n) is 5.34. The van der Waals surface area contributed by atoms with Crippen LogP contribution >= 0.6 is 0 Å². The topological polar surface area (TPSA) is 17.1 Å². The highest BCUT2D eigenvalue weighted by Gasteiger charge is 2.05. The summed E-state index contributed by atoms with van der Waals surface area (Å²) in [6.45, 7) is 2.15. The normalized spacial score (nSPS) is 12.4. The summed E-state index contributed by atoms with van der Waals surface area (Å²) < 4.78 is 0. The van der Waals surface area contributed by atoms with Crippen LogP contribution in [0.5, 0.6) is 0 Å². The van der Waals surface area contributed by atoms with Crippen LogP contribution in [0.1, 0.15) is 31.7 Å². The van der Waals surface area contributed by atoms with Crippen molar-refractivity contribution >= 4 is 6.29 Å². The fourth-order valence-electron chi connectivity index (χ4n) is 1.64. The highest BCUT2D eigenvalue weighted by atomic mass is 16.1. The van der Waals surface area contributed by atoms with Crippen LogP contribution in [0.3, 0.4) is 0 Å². The Morgan fingerprint density at radius 1 is 1.29 bits per heavy atom. The van der Waals surface area contributed by atoms with Crippen molar-refractivity contribution in [2.24, 2.45) is 5.92 Å². The molecule has 1 atom stereocenters. The smallest absolute Gasteiger partial charge is 0.120 e. The quantitative estimate of drug-likeness (QED) is 0.629. The third-order valence-electron chi connectivity index (χ3n) is 2.69. The molecule has 0 aliphatic rings. The molecule has 14 heavy (non-hydrogen) atoms. The predicted octanol–water partition coefficient (Wildman–Crippen LogP) is 3.23. The molecule has 1 aromatic carbocycles. The van der Waals surface area contributed by atoms with Crippen molar-refractivity contribution in [3.8, 4) is 0 Å². The van der Waals surface area contributed by atoms with Gasteiger partial charge in [0.2, 0.25) is 0 Å². The summed E-state index contributed by atoms with van der Waals surface area (Å²) in [4.78, 5) is 10.4. The third-order valence-corrected chi connectivity index (χ3v) is 2.69.